The van der Waals surface area contributed by atoms with Crippen molar-refractivity contribution >= 4 is 26.5 Å². The molecule has 0 aliphatic rings. The molecule has 0 spiro atoms. The van der Waals surface area contributed by atoms with Crippen LogP contribution in [0, 0.1) is 0 Å². The molecule has 0 rings (SSSR count). The molecule has 0 aromatic heterocycles. The smallest absolute Gasteiger partial charge is 0.160 e. The van der Waals surface area contributed by atoms with Crippen LogP contribution in [0.1, 0.15) is 0 Å². The third-order valence-electron chi connectivity index (χ3n) is 0.255. The quantitative estimate of drug-likeness (QED) is 0.550. The maximum atomic E-state index is 9.81. The maximum Gasteiger partial charge on any atom is 0.516 e. The molecule has 6 heavy (non-hydrogen) atoms. The summed E-state index contributed by atoms with van der Waals surface area (Å²) in [4.78, 5) is 8.10. The Kier molecular flexibility index (Phi) is 3.45. The Hall–Kier alpha value is 0.920. The van der Waals surface area contributed by atoms with Gasteiger partial charge in [0.05, 0.1) is 0 Å². The first-order valence-corrected chi connectivity index (χ1v) is 3.92. The Labute approximate surface area is 42.0 Å². The van der Waals surface area contributed by atoms with Crippen molar-refractivity contribution in [3.05, 3.63) is 0 Å². The highest BCUT2D eigenvalue weighted by molar-refractivity contribution is 7.63. The van der Waals surface area contributed by atoms with Crippen molar-refractivity contribution in [3.8, 4) is 0 Å². The van der Waals surface area contributed by atoms with Crippen molar-refractivity contribution in [2.75, 3.05) is 0 Å². The van der Waals surface area contributed by atoms with Crippen molar-refractivity contribution < 1.29 is 9.46 Å². The van der Waals surface area contributed by atoms with Crippen molar-refractivity contribution in [1.82, 2.24) is 0 Å². The van der Waals surface area contributed by atoms with E-state index in [1.807, 2.05) is 0 Å². The van der Waals surface area contributed by atoms with E-state index in [-0.39, 0.29) is 5.14 Å². The molecule has 0 aromatic rings. The number of hydrogen-bond donors (Lipinski definition) is 1. The van der Waals surface area contributed by atoms with Gasteiger partial charge in [-0.1, -0.05) is 18.5 Å². The van der Waals surface area contributed by atoms with Gasteiger partial charge in [-0.05, 0) is 4.57 Å². The second kappa shape index (κ2) is 2.99. The predicted molar refractivity (Wildman–Crippen MR) is 33.0 cm³/mol. The Bertz CT molecular complexity index is 59.8. The fourth-order valence-corrected chi connectivity index (χ4v) is 0. The van der Waals surface area contributed by atoms with Gasteiger partial charge in [0, 0.05) is 0 Å². The van der Waals surface area contributed by atoms with Crippen LogP contribution >= 0.6 is 26.5 Å². The molecular weight excluding hydrogens is 137 g/mol. The molecule has 0 saturated heterocycles. The molecular formula is CH6O2P3+. The topological polar surface area (TPSA) is 37.3 Å². The van der Waals surface area contributed by atoms with Crippen LogP contribution in [0.4, 0.5) is 0 Å². The van der Waals surface area contributed by atoms with Gasteiger partial charge >= 0.3 is 8.03 Å². The molecule has 0 bridgehead atoms. The first-order valence-electron chi connectivity index (χ1n) is 1.31. The van der Waals surface area contributed by atoms with Crippen LogP contribution in [-0.2, 0) is 4.57 Å². The maximum absolute atomic E-state index is 9.81. The lowest BCUT2D eigenvalue weighted by Gasteiger charge is -1.74. The van der Waals surface area contributed by atoms with Crippen LogP contribution in [0.2, 0.25) is 0 Å². The fourth-order valence-electron chi connectivity index (χ4n) is 0. The van der Waals surface area contributed by atoms with Gasteiger partial charge in [0.1, 0.15) is 0 Å². The molecule has 0 heterocycles. The van der Waals surface area contributed by atoms with Crippen LogP contribution in [0.15, 0.2) is 0 Å². The Morgan fingerprint density at radius 3 is 1.83 bits per heavy atom. The molecule has 5 heteroatoms. The third kappa shape index (κ3) is 3.12. The van der Waals surface area contributed by atoms with Gasteiger partial charge in [-0.25, -0.2) is 0 Å². The van der Waals surface area contributed by atoms with Gasteiger partial charge in [-0.15, -0.1) is 0 Å². The summed E-state index contributed by atoms with van der Waals surface area (Å²) in [6.45, 7) is 0. The summed E-state index contributed by atoms with van der Waals surface area (Å²) < 4.78 is 9.81. The van der Waals surface area contributed by atoms with Crippen LogP contribution in [0.5, 0.6) is 0 Å². The number of hydrogen-bond acceptors (Lipinski definition) is 1. The van der Waals surface area contributed by atoms with E-state index in [1.54, 1.807) is 0 Å². The molecule has 0 amide bonds. The van der Waals surface area contributed by atoms with Crippen molar-refractivity contribution in [2.45, 2.75) is 5.14 Å². The van der Waals surface area contributed by atoms with E-state index in [4.69, 9.17) is 4.89 Å². The third-order valence-corrected chi connectivity index (χ3v) is 2.30. The van der Waals surface area contributed by atoms with E-state index in [2.05, 4.69) is 18.5 Å². The SMILES string of the molecule is O=[P+](O)C(P)P. The summed E-state index contributed by atoms with van der Waals surface area (Å²) in [5.41, 5.74) is 0. The average molecular weight is 143 g/mol. The highest BCUT2D eigenvalue weighted by Gasteiger charge is 2.15. The first-order chi connectivity index (χ1) is 2.64. The van der Waals surface area contributed by atoms with Crippen molar-refractivity contribution in [3.63, 3.8) is 0 Å². The summed E-state index contributed by atoms with van der Waals surface area (Å²) in [6.07, 6.45) is 0. The number of rotatable bonds is 1. The lowest BCUT2D eigenvalue weighted by molar-refractivity contribution is 0.506. The van der Waals surface area contributed by atoms with Gasteiger partial charge in [0.15, 0.2) is 0 Å². The van der Waals surface area contributed by atoms with E-state index in [9.17, 15) is 4.57 Å². The molecule has 0 radical (unpaired) electrons. The highest BCUT2D eigenvalue weighted by atomic mass is 31.2. The zero-order chi connectivity index (χ0) is 5.15. The second-order valence-corrected chi connectivity index (χ2v) is 5.32. The standard InChI is InChI=1S/CH5O2P3/c2-6(3)1(4)5/h1H,4-5H2/p+1. The van der Waals surface area contributed by atoms with E-state index in [0.717, 1.165) is 0 Å². The minimum absolute atomic E-state index is 0.250. The molecule has 3 unspecified atom stereocenters. The van der Waals surface area contributed by atoms with Crippen LogP contribution < -0.4 is 0 Å². The van der Waals surface area contributed by atoms with Gasteiger partial charge in [0.2, 0.25) is 5.14 Å². The molecule has 0 aliphatic carbocycles. The van der Waals surface area contributed by atoms with E-state index in [0.29, 0.717) is 0 Å². The average Bonchev–Trinajstić information content (AvgIpc) is 1.36. The van der Waals surface area contributed by atoms with Crippen LogP contribution in [0.3, 0.4) is 0 Å². The zero-order valence-electron chi connectivity index (χ0n) is 3.03. The van der Waals surface area contributed by atoms with Gasteiger partial charge < -0.3 is 0 Å². The van der Waals surface area contributed by atoms with E-state index >= 15 is 0 Å². The normalized spacial score (nSPS) is 12.3. The molecule has 0 aromatic carbocycles. The van der Waals surface area contributed by atoms with Crippen molar-refractivity contribution in [1.29, 1.82) is 0 Å². The molecule has 0 aliphatic heterocycles. The summed E-state index contributed by atoms with van der Waals surface area (Å²) in [5, 5.41) is -0.250. The Balaban J connectivity index is 3.26. The predicted octanol–water partition coefficient (Wildman–Crippen LogP) is 0.755. The lowest BCUT2D eigenvalue weighted by Crippen LogP contribution is -1.67. The van der Waals surface area contributed by atoms with Gasteiger partial charge in [0.25, 0.3) is 0 Å². The van der Waals surface area contributed by atoms with E-state index in [1.165, 1.54) is 0 Å². The summed E-state index contributed by atoms with van der Waals surface area (Å²) in [7, 11) is 2.42. The summed E-state index contributed by atoms with van der Waals surface area (Å²) >= 11 is 0. The summed E-state index contributed by atoms with van der Waals surface area (Å²) in [6, 6.07) is 0. The molecule has 0 saturated carbocycles. The Morgan fingerprint density at radius 1 is 1.67 bits per heavy atom. The summed E-state index contributed by atoms with van der Waals surface area (Å²) in [5.74, 6) is 0. The van der Waals surface area contributed by atoms with Gasteiger partial charge in [-0.3, -0.25) is 0 Å². The molecule has 36 valence electrons. The molecule has 3 atom stereocenters. The monoisotopic (exact) mass is 143 g/mol. The van der Waals surface area contributed by atoms with E-state index < -0.39 is 8.03 Å². The van der Waals surface area contributed by atoms with Crippen LogP contribution in [0.25, 0.3) is 0 Å². The fraction of sp³-hybridized carbons (Fsp3) is 1.00. The van der Waals surface area contributed by atoms with Crippen molar-refractivity contribution in [2.24, 2.45) is 0 Å². The first kappa shape index (κ1) is 6.92. The zero-order valence-corrected chi connectivity index (χ0v) is 6.24. The molecule has 0 fully saturated rings. The minimum Gasteiger partial charge on any atom is -0.160 e. The largest absolute Gasteiger partial charge is 0.516 e. The van der Waals surface area contributed by atoms with Crippen LogP contribution in [-0.4, -0.2) is 10.0 Å². The van der Waals surface area contributed by atoms with Gasteiger partial charge in [-0.2, -0.15) is 4.89 Å². The lowest BCUT2D eigenvalue weighted by atomic mass is 11.9. The molecule has 2 nitrogen and oxygen atoms in total. The highest BCUT2D eigenvalue weighted by Crippen LogP contribution is 2.32. The minimum atomic E-state index is -1.98. The second-order valence-electron chi connectivity index (χ2n) is 0.793. The Morgan fingerprint density at radius 2 is 1.83 bits per heavy atom. The molecule has 1 N–H and O–H groups in total.